The van der Waals surface area contributed by atoms with Gasteiger partial charge in [0, 0.05) is 52.4 Å². The molecule has 0 aliphatic carbocycles. The summed E-state index contributed by atoms with van der Waals surface area (Å²) in [5, 5.41) is 0. The summed E-state index contributed by atoms with van der Waals surface area (Å²) in [6.45, 7) is 10.0. The first-order chi connectivity index (χ1) is 13.3. The van der Waals surface area contributed by atoms with Gasteiger partial charge in [0.15, 0.2) is 5.96 Å². The molecule has 2 aliphatic heterocycles. The van der Waals surface area contributed by atoms with Crippen LogP contribution in [0.4, 0.5) is 0 Å². The fourth-order valence-electron chi connectivity index (χ4n) is 4.05. The number of nitrogens with zero attached hydrogens (tertiary/aromatic N) is 4. The van der Waals surface area contributed by atoms with E-state index in [0.29, 0.717) is 0 Å². The molecule has 150 valence electrons. The van der Waals surface area contributed by atoms with Gasteiger partial charge in [0.1, 0.15) is 0 Å². The number of nitrogens with two attached hydrogens (primary N) is 1. The third-order valence-electron chi connectivity index (χ3n) is 5.80. The van der Waals surface area contributed by atoms with Crippen LogP contribution < -0.4 is 5.73 Å². The Kier molecular flexibility index (Phi) is 8.43. The average molecular weight is 372 g/mol. The molecule has 2 N–H and O–H groups in total. The molecule has 0 aromatic heterocycles. The minimum Gasteiger partial charge on any atom is -0.370 e. The van der Waals surface area contributed by atoms with Crippen LogP contribution >= 0.6 is 0 Å². The Balaban J connectivity index is 1.26. The van der Waals surface area contributed by atoms with E-state index in [9.17, 15) is 0 Å². The molecule has 0 bridgehead atoms. The Labute approximate surface area is 165 Å². The highest BCUT2D eigenvalue weighted by Crippen LogP contribution is 2.10. The number of unbranched alkanes of at least 4 members (excludes halogenated alkanes) is 1. The smallest absolute Gasteiger partial charge is 0.191 e. The van der Waals surface area contributed by atoms with Gasteiger partial charge in [-0.2, -0.15) is 0 Å². The summed E-state index contributed by atoms with van der Waals surface area (Å²) in [5.41, 5.74) is 7.60. The molecular weight excluding hydrogens is 334 g/mol. The summed E-state index contributed by atoms with van der Waals surface area (Å²) in [5.74, 6) is 0.770. The molecule has 2 heterocycles. The molecule has 1 aromatic rings. The summed E-state index contributed by atoms with van der Waals surface area (Å²) in [7, 11) is 0. The van der Waals surface area contributed by atoms with Gasteiger partial charge in [0.05, 0.1) is 0 Å². The van der Waals surface area contributed by atoms with Gasteiger partial charge in [0.25, 0.3) is 0 Å². The molecule has 2 fully saturated rings. The molecule has 5 nitrogen and oxygen atoms in total. The van der Waals surface area contributed by atoms with Crippen molar-refractivity contribution >= 4 is 5.96 Å². The van der Waals surface area contributed by atoms with Crippen LogP contribution in [-0.2, 0) is 6.54 Å². The molecule has 2 saturated heterocycles. The summed E-state index contributed by atoms with van der Waals surface area (Å²) in [6, 6.07) is 10.8. The first-order valence-corrected chi connectivity index (χ1v) is 10.8. The van der Waals surface area contributed by atoms with Crippen molar-refractivity contribution in [3.63, 3.8) is 0 Å². The van der Waals surface area contributed by atoms with E-state index in [4.69, 9.17) is 5.73 Å². The second-order valence-corrected chi connectivity index (χ2v) is 7.95. The Bertz CT molecular complexity index is 543. The number of likely N-dealkylation sites (tertiary alicyclic amines) is 1. The first kappa shape index (κ1) is 20.2. The third kappa shape index (κ3) is 7.15. The minimum absolute atomic E-state index is 0.770. The van der Waals surface area contributed by atoms with E-state index in [0.717, 1.165) is 38.6 Å². The maximum Gasteiger partial charge on any atom is 0.191 e. The van der Waals surface area contributed by atoms with Crippen LogP contribution in [0.1, 0.15) is 44.1 Å². The van der Waals surface area contributed by atoms with Gasteiger partial charge in [0.2, 0.25) is 0 Å². The zero-order valence-electron chi connectivity index (χ0n) is 16.9. The number of guanidine groups is 1. The molecular formula is C22H37N5. The van der Waals surface area contributed by atoms with E-state index in [1.165, 1.54) is 70.4 Å². The molecule has 0 atom stereocenters. The quantitative estimate of drug-likeness (QED) is 0.455. The lowest BCUT2D eigenvalue weighted by Crippen LogP contribution is -2.46. The number of benzene rings is 1. The monoisotopic (exact) mass is 371 g/mol. The fraction of sp³-hybridized carbons (Fsp3) is 0.682. The standard InChI is InChI=1S/C22H37N5/c23-22(27-14-7-1-2-8-15-27)24-12-6-9-13-25-16-18-26(19-17-25)20-21-10-4-3-5-11-21/h3-5,10-11H,1-2,6-9,12-20H2,(H2,23,24). The summed E-state index contributed by atoms with van der Waals surface area (Å²) in [6.07, 6.45) is 7.54. The van der Waals surface area contributed by atoms with Crippen molar-refractivity contribution in [2.75, 3.05) is 52.4 Å². The van der Waals surface area contributed by atoms with Gasteiger partial charge in [-0.1, -0.05) is 43.2 Å². The van der Waals surface area contributed by atoms with Crippen molar-refractivity contribution < 1.29 is 0 Å². The lowest BCUT2D eigenvalue weighted by atomic mass is 10.2. The summed E-state index contributed by atoms with van der Waals surface area (Å²) < 4.78 is 0. The van der Waals surface area contributed by atoms with Gasteiger partial charge in [-0.15, -0.1) is 0 Å². The van der Waals surface area contributed by atoms with Gasteiger partial charge in [-0.3, -0.25) is 9.89 Å². The highest BCUT2D eigenvalue weighted by atomic mass is 15.3. The predicted octanol–water partition coefficient (Wildman–Crippen LogP) is 2.78. The Morgan fingerprint density at radius 3 is 2.19 bits per heavy atom. The Hall–Kier alpha value is -1.59. The van der Waals surface area contributed by atoms with Gasteiger partial charge >= 0.3 is 0 Å². The Morgan fingerprint density at radius 2 is 1.48 bits per heavy atom. The lowest BCUT2D eigenvalue weighted by Gasteiger charge is -2.34. The molecule has 2 aliphatic rings. The number of hydrogen-bond donors (Lipinski definition) is 1. The predicted molar refractivity (Wildman–Crippen MR) is 114 cm³/mol. The number of piperazine rings is 1. The molecule has 5 heteroatoms. The molecule has 0 unspecified atom stereocenters. The van der Waals surface area contributed by atoms with E-state index >= 15 is 0 Å². The SMILES string of the molecule is NC(=NCCCCN1CCN(Cc2ccccc2)CC1)N1CCCCCC1. The largest absolute Gasteiger partial charge is 0.370 e. The minimum atomic E-state index is 0.770. The van der Waals surface area contributed by atoms with E-state index in [1.807, 2.05) is 0 Å². The average Bonchev–Trinajstić information content (AvgIpc) is 2.99. The Morgan fingerprint density at radius 1 is 0.815 bits per heavy atom. The van der Waals surface area contributed by atoms with Crippen LogP contribution in [0.25, 0.3) is 0 Å². The van der Waals surface area contributed by atoms with Crippen molar-refractivity contribution in [3.8, 4) is 0 Å². The third-order valence-corrected chi connectivity index (χ3v) is 5.80. The van der Waals surface area contributed by atoms with Crippen LogP contribution in [0.5, 0.6) is 0 Å². The van der Waals surface area contributed by atoms with Gasteiger partial charge in [-0.05, 0) is 37.8 Å². The van der Waals surface area contributed by atoms with Crippen molar-refractivity contribution in [2.24, 2.45) is 10.7 Å². The van der Waals surface area contributed by atoms with Crippen molar-refractivity contribution in [2.45, 2.75) is 45.1 Å². The summed E-state index contributed by atoms with van der Waals surface area (Å²) >= 11 is 0. The van der Waals surface area contributed by atoms with Crippen molar-refractivity contribution in [1.29, 1.82) is 0 Å². The second-order valence-electron chi connectivity index (χ2n) is 7.95. The summed E-state index contributed by atoms with van der Waals surface area (Å²) in [4.78, 5) is 12.1. The highest BCUT2D eigenvalue weighted by Gasteiger charge is 2.16. The lowest BCUT2D eigenvalue weighted by molar-refractivity contribution is 0.126. The maximum absolute atomic E-state index is 6.18. The number of aliphatic imine (C=N–C) groups is 1. The first-order valence-electron chi connectivity index (χ1n) is 10.8. The van der Waals surface area contributed by atoms with Crippen molar-refractivity contribution in [3.05, 3.63) is 35.9 Å². The molecule has 0 saturated carbocycles. The van der Waals surface area contributed by atoms with Crippen LogP contribution in [0.3, 0.4) is 0 Å². The molecule has 1 aromatic carbocycles. The van der Waals surface area contributed by atoms with Gasteiger partial charge in [-0.25, -0.2) is 0 Å². The van der Waals surface area contributed by atoms with Crippen LogP contribution in [0, 0.1) is 0 Å². The fourth-order valence-corrected chi connectivity index (χ4v) is 4.05. The maximum atomic E-state index is 6.18. The topological polar surface area (TPSA) is 48.1 Å². The zero-order chi connectivity index (χ0) is 18.7. The molecule has 3 rings (SSSR count). The van der Waals surface area contributed by atoms with E-state index < -0.39 is 0 Å². The number of rotatable bonds is 7. The normalized spacial score (nSPS) is 20.6. The van der Waals surface area contributed by atoms with E-state index in [2.05, 4.69) is 50.0 Å². The van der Waals surface area contributed by atoms with Crippen LogP contribution in [0.15, 0.2) is 35.3 Å². The highest BCUT2D eigenvalue weighted by molar-refractivity contribution is 5.78. The molecule has 0 radical (unpaired) electrons. The van der Waals surface area contributed by atoms with Crippen LogP contribution in [0.2, 0.25) is 0 Å². The molecule has 27 heavy (non-hydrogen) atoms. The zero-order valence-corrected chi connectivity index (χ0v) is 16.9. The van der Waals surface area contributed by atoms with E-state index in [1.54, 1.807) is 0 Å². The second kappa shape index (κ2) is 11.3. The molecule has 0 amide bonds. The van der Waals surface area contributed by atoms with Gasteiger partial charge < -0.3 is 15.5 Å². The van der Waals surface area contributed by atoms with E-state index in [-0.39, 0.29) is 0 Å². The van der Waals surface area contributed by atoms with Crippen molar-refractivity contribution in [1.82, 2.24) is 14.7 Å². The molecule has 0 spiro atoms. The van der Waals surface area contributed by atoms with Crippen LogP contribution in [-0.4, -0.2) is 73.0 Å². The number of hydrogen-bond acceptors (Lipinski definition) is 3.